The maximum atomic E-state index is 12.2. The molecule has 24 heavy (non-hydrogen) atoms. The van der Waals surface area contributed by atoms with Crippen molar-refractivity contribution in [3.63, 3.8) is 0 Å². The van der Waals surface area contributed by atoms with Gasteiger partial charge in [-0.2, -0.15) is 5.26 Å². The normalized spacial score (nSPS) is 10.0. The van der Waals surface area contributed by atoms with E-state index in [1.165, 1.54) is 0 Å². The Morgan fingerprint density at radius 1 is 1.29 bits per heavy atom. The number of ether oxygens (including phenoxy) is 2. The topological polar surface area (TPSA) is 102 Å². The van der Waals surface area contributed by atoms with Crippen LogP contribution in [0.4, 0.5) is 5.00 Å². The number of nitrogens with zero attached hydrogens (tertiary/aromatic N) is 1. The fraction of sp³-hybridized carbons (Fsp3) is 0.188. The molecule has 0 aliphatic heterocycles. The number of halogens is 1. The maximum Gasteiger partial charge on any atom is 0.348 e. The van der Waals surface area contributed by atoms with Gasteiger partial charge in [0.25, 0.3) is 0 Å². The van der Waals surface area contributed by atoms with E-state index in [4.69, 9.17) is 15.2 Å². The van der Waals surface area contributed by atoms with Crippen LogP contribution in [-0.2, 0) is 16.1 Å². The molecule has 0 saturated heterocycles. The molecular formula is C16H13IN2O4S. The number of carbonyl (C=O) groups is 2. The van der Waals surface area contributed by atoms with E-state index in [1.807, 2.05) is 34.7 Å². The van der Waals surface area contributed by atoms with Crippen molar-refractivity contribution >= 4 is 50.9 Å². The number of hydrogen-bond donors (Lipinski definition) is 1. The van der Waals surface area contributed by atoms with Crippen molar-refractivity contribution < 1.29 is 19.1 Å². The molecule has 0 fully saturated rings. The number of rotatable bonds is 5. The average Bonchev–Trinajstić information content (AvgIpc) is 2.89. The number of thiophene rings is 1. The number of nitrogen functional groups attached to an aromatic ring is 1. The number of nitrogens with two attached hydrogens (primary N) is 1. The molecule has 0 bridgehead atoms. The van der Waals surface area contributed by atoms with Crippen LogP contribution >= 0.6 is 33.9 Å². The van der Waals surface area contributed by atoms with Gasteiger partial charge in [0.05, 0.1) is 17.7 Å². The lowest BCUT2D eigenvalue weighted by Crippen LogP contribution is -2.11. The Hall–Kier alpha value is -2.12. The van der Waals surface area contributed by atoms with Crippen molar-refractivity contribution in [2.45, 2.75) is 13.5 Å². The monoisotopic (exact) mass is 456 g/mol. The first-order valence-corrected chi connectivity index (χ1v) is 8.79. The molecule has 1 aromatic heterocycles. The maximum absolute atomic E-state index is 12.2. The zero-order chi connectivity index (χ0) is 17.7. The van der Waals surface area contributed by atoms with Crippen molar-refractivity contribution in [2.75, 3.05) is 12.3 Å². The van der Waals surface area contributed by atoms with Crippen LogP contribution in [0.5, 0.6) is 0 Å². The van der Waals surface area contributed by atoms with Gasteiger partial charge in [0.15, 0.2) is 0 Å². The lowest BCUT2D eigenvalue weighted by molar-refractivity contribution is 0.0451. The van der Waals surface area contributed by atoms with Crippen molar-refractivity contribution in [1.29, 1.82) is 5.26 Å². The molecule has 8 heteroatoms. The Kier molecular flexibility index (Phi) is 6.16. The first-order valence-electron chi connectivity index (χ1n) is 6.89. The Morgan fingerprint density at radius 3 is 2.62 bits per heavy atom. The lowest BCUT2D eigenvalue weighted by Gasteiger charge is -2.07. The summed E-state index contributed by atoms with van der Waals surface area (Å²) in [5.74, 6) is -1.13. The fourth-order valence-electron chi connectivity index (χ4n) is 1.95. The summed E-state index contributed by atoms with van der Waals surface area (Å²) in [7, 11) is 0. The highest BCUT2D eigenvalue weighted by molar-refractivity contribution is 14.1. The van der Waals surface area contributed by atoms with E-state index < -0.39 is 11.9 Å². The molecule has 2 N–H and O–H groups in total. The first-order chi connectivity index (χ1) is 11.5. The minimum absolute atomic E-state index is 0.138. The Bertz CT molecular complexity index is 826. The zero-order valence-corrected chi connectivity index (χ0v) is 15.6. The number of nitriles is 1. The molecule has 0 amide bonds. The third kappa shape index (κ3) is 3.85. The van der Waals surface area contributed by atoms with Crippen LogP contribution in [0, 0.1) is 14.9 Å². The molecule has 0 radical (unpaired) electrons. The summed E-state index contributed by atoms with van der Waals surface area (Å²) < 4.78 is 11.0. The third-order valence-electron chi connectivity index (χ3n) is 3.05. The second-order valence-electron chi connectivity index (χ2n) is 4.54. The minimum atomic E-state index is -0.587. The number of hydrogen-bond acceptors (Lipinski definition) is 7. The molecular weight excluding hydrogens is 443 g/mol. The molecule has 2 aromatic rings. The van der Waals surface area contributed by atoms with Gasteiger partial charge < -0.3 is 15.2 Å². The van der Waals surface area contributed by atoms with Crippen molar-refractivity contribution in [3.8, 4) is 6.07 Å². The van der Waals surface area contributed by atoms with E-state index in [-0.39, 0.29) is 34.2 Å². The Labute approximate surface area is 156 Å². The summed E-state index contributed by atoms with van der Waals surface area (Å²) in [6, 6.07) is 8.90. The highest BCUT2D eigenvalue weighted by Gasteiger charge is 2.24. The van der Waals surface area contributed by atoms with Gasteiger partial charge in [-0.05, 0) is 41.6 Å². The van der Waals surface area contributed by atoms with E-state index >= 15 is 0 Å². The molecule has 1 aromatic carbocycles. The van der Waals surface area contributed by atoms with Gasteiger partial charge in [-0.1, -0.05) is 12.1 Å². The first kappa shape index (κ1) is 18.2. The molecule has 1 heterocycles. The smallest absolute Gasteiger partial charge is 0.348 e. The third-order valence-corrected chi connectivity index (χ3v) is 5.03. The molecule has 0 atom stereocenters. The van der Waals surface area contributed by atoms with Gasteiger partial charge in [-0.25, -0.2) is 9.59 Å². The molecule has 0 saturated carbocycles. The van der Waals surface area contributed by atoms with E-state index in [0.717, 1.165) is 14.9 Å². The average molecular weight is 456 g/mol. The van der Waals surface area contributed by atoms with Crippen molar-refractivity contribution in [1.82, 2.24) is 0 Å². The fourth-order valence-corrected chi connectivity index (χ4v) is 3.47. The summed E-state index contributed by atoms with van der Waals surface area (Å²) in [6.45, 7) is 1.64. The summed E-state index contributed by atoms with van der Waals surface area (Å²) in [6.07, 6.45) is 0. The second kappa shape index (κ2) is 8.12. The van der Waals surface area contributed by atoms with E-state index in [0.29, 0.717) is 5.56 Å². The van der Waals surface area contributed by atoms with Crippen LogP contribution in [0.15, 0.2) is 24.3 Å². The SMILES string of the molecule is CCOC(=O)c1sc(N)c(C#N)c1COC(=O)c1ccccc1I. The molecule has 0 aliphatic carbocycles. The van der Waals surface area contributed by atoms with E-state index in [9.17, 15) is 14.9 Å². The van der Waals surface area contributed by atoms with Crippen LogP contribution in [0.2, 0.25) is 0 Å². The van der Waals surface area contributed by atoms with Gasteiger partial charge >= 0.3 is 11.9 Å². The zero-order valence-electron chi connectivity index (χ0n) is 12.7. The van der Waals surface area contributed by atoms with Crippen LogP contribution in [0.3, 0.4) is 0 Å². The van der Waals surface area contributed by atoms with Gasteiger partial charge in [-0.3, -0.25) is 0 Å². The van der Waals surface area contributed by atoms with E-state index in [1.54, 1.807) is 25.1 Å². The summed E-state index contributed by atoms with van der Waals surface area (Å²) in [5.41, 5.74) is 6.60. The standard InChI is InChI=1S/C16H13IN2O4S/c1-2-22-16(21)13-11(10(7-18)14(19)24-13)8-23-15(20)9-5-3-4-6-12(9)17/h3-6H,2,8,19H2,1H3. The van der Waals surface area contributed by atoms with Crippen LogP contribution < -0.4 is 5.73 Å². The molecule has 0 unspecified atom stereocenters. The van der Waals surface area contributed by atoms with Crippen LogP contribution in [0.1, 0.15) is 38.1 Å². The van der Waals surface area contributed by atoms with Crippen molar-refractivity contribution in [2.24, 2.45) is 0 Å². The summed E-state index contributed by atoms with van der Waals surface area (Å²) in [5, 5.41) is 9.43. The Balaban J connectivity index is 2.26. The number of benzene rings is 1. The summed E-state index contributed by atoms with van der Waals surface area (Å²) in [4.78, 5) is 24.4. The predicted molar refractivity (Wildman–Crippen MR) is 97.7 cm³/mol. The van der Waals surface area contributed by atoms with Gasteiger partial charge in [0.1, 0.15) is 22.6 Å². The van der Waals surface area contributed by atoms with Crippen molar-refractivity contribution in [3.05, 3.63) is 49.4 Å². The quantitative estimate of drug-likeness (QED) is 0.547. The van der Waals surface area contributed by atoms with Crippen LogP contribution in [0.25, 0.3) is 0 Å². The largest absolute Gasteiger partial charge is 0.462 e. The summed E-state index contributed by atoms with van der Waals surface area (Å²) >= 11 is 2.98. The van der Waals surface area contributed by atoms with E-state index in [2.05, 4.69) is 0 Å². The second-order valence-corrected chi connectivity index (χ2v) is 6.75. The van der Waals surface area contributed by atoms with Gasteiger partial charge in [0.2, 0.25) is 0 Å². The minimum Gasteiger partial charge on any atom is -0.462 e. The number of anilines is 1. The lowest BCUT2D eigenvalue weighted by atomic mass is 10.1. The molecule has 0 aliphatic rings. The molecule has 124 valence electrons. The molecule has 6 nitrogen and oxygen atoms in total. The number of carbonyl (C=O) groups excluding carboxylic acids is 2. The Morgan fingerprint density at radius 2 is 2.00 bits per heavy atom. The molecule has 2 rings (SSSR count). The number of esters is 2. The predicted octanol–water partition coefficient (Wildman–Crippen LogP) is 3.34. The van der Waals surface area contributed by atoms with Gasteiger partial charge in [-0.15, -0.1) is 11.3 Å². The highest BCUT2D eigenvalue weighted by atomic mass is 127. The molecule has 0 spiro atoms. The van der Waals surface area contributed by atoms with Crippen LogP contribution in [-0.4, -0.2) is 18.5 Å². The highest BCUT2D eigenvalue weighted by Crippen LogP contribution is 2.32. The van der Waals surface area contributed by atoms with Gasteiger partial charge in [0, 0.05) is 9.13 Å².